The Bertz CT molecular complexity index is 872. The molecular formula is C17H15BrN2O2. The minimum absolute atomic E-state index is 0.0774. The first-order valence-electron chi connectivity index (χ1n) is 7.19. The number of hydrogen-bond acceptors (Lipinski definition) is 3. The summed E-state index contributed by atoms with van der Waals surface area (Å²) in [5.41, 5.74) is 4.12. The number of halogens is 1. The van der Waals surface area contributed by atoms with Gasteiger partial charge >= 0.3 is 0 Å². The summed E-state index contributed by atoms with van der Waals surface area (Å²) in [6, 6.07) is 10.9. The molecule has 1 aliphatic heterocycles. The molecule has 1 aromatic heterocycles. The summed E-state index contributed by atoms with van der Waals surface area (Å²) in [6.45, 7) is 0.829. The van der Waals surface area contributed by atoms with Crippen molar-refractivity contribution in [2.45, 2.75) is 12.5 Å². The van der Waals surface area contributed by atoms with Crippen molar-refractivity contribution in [2.24, 2.45) is 0 Å². The lowest BCUT2D eigenvalue weighted by molar-refractivity contribution is 0.452. The molecule has 4 rings (SSSR count). The van der Waals surface area contributed by atoms with Gasteiger partial charge in [-0.25, -0.2) is 0 Å². The first-order valence-corrected chi connectivity index (χ1v) is 7.98. The van der Waals surface area contributed by atoms with Gasteiger partial charge in [-0.3, -0.25) is 0 Å². The molecule has 5 heteroatoms. The summed E-state index contributed by atoms with van der Waals surface area (Å²) in [6.07, 6.45) is 0.895. The standard InChI is InChI=1S/C17H15BrN2O2/c18-9-1-3-12(15(22)7-9)16-17-11(5-6-19-16)13-8-10(21)2-4-14(13)20-17/h1-4,7-8,16,19-22H,5-6H2. The molecule has 0 saturated carbocycles. The minimum atomic E-state index is -0.0774. The van der Waals surface area contributed by atoms with E-state index in [-0.39, 0.29) is 17.5 Å². The Morgan fingerprint density at radius 3 is 2.77 bits per heavy atom. The number of phenolic OH excluding ortho intramolecular Hbond substituents is 2. The third-order valence-corrected chi connectivity index (χ3v) is 4.73. The maximum atomic E-state index is 10.3. The molecule has 112 valence electrons. The van der Waals surface area contributed by atoms with Crippen LogP contribution in [0.15, 0.2) is 40.9 Å². The highest BCUT2D eigenvalue weighted by Crippen LogP contribution is 2.38. The number of aromatic hydroxyl groups is 2. The SMILES string of the molecule is Oc1ccc2[nH]c3c(c2c1)CCNC3c1ccc(Br)cc1O. The van der Waals surface area contributed by atoms with Gasteiger partial charge in [0.05, 0.1) is 6.04 Å². The van der Waals surface area contributed by atoms with Crippen molar-refractivity contribution in [3.63, 3.8) is 0 Å². The Labute approximate surface area is 135 Å². The molecule has 0 saturated heterocycles. The van der Waals surface area contributed by atoms with E-state index in [4.69, 9.17) is 0 Å². The van der Waals surface area contributed by atoms with Crippen molar-refractivity contribution >= 4 is 26.8 Å². The zero-order chi connectivity index (χ0) is 15.3. The molecular weight excluding hydrogens is 344 g/mol. The van der Waals surface area contributed by atoms with Crippen molar-refractivity contribution in [1.82, 2.24) is 10.3 Å². The predicted molar refractivity (Wildman–Crippen MR) is 89.3 cm³/mol. The van der Waals surface area contributed by atoms with Gasteiger partial charge in [0, 0.05) is 33.2 Å². The van der Waals surface area contributed by atoms with Crippen molar-refractivity contribution in [3.8, 4) is 11.5 Å². The van der Waals surface area contributed by atoms with E-state index in [0.29, 0.717) is 0 Å². The van der Waals surface area contributed by atoms with E-state index in [0.717, 1.165) is 39.6 Å². The molecule has 2 aromatic carbocycles. The maximum absolute atomic E-state index is 10.3. The Morgan fingerprint density at radius 1 is 1.09 bits per heavy atom. The second-order valence-corrected chi connectivity index (χ2v) is 6.50. The summed E-state index contributed by atoms with van der Waals surface area (Å²) >= 11 is 3.37. The molecule has 0 amide bonds. The molecule has 2 heterocycles. The molecule has 0 radical (unpaired) electrons. The number of aromatic nitrogens is 1. The monoisotopic (exact) mass is 358 g/mol. The minimum Gasteiger partial charge on any atom is -0.508 e. The van der Waals surface area contributed by atoms with Gasteiger partial charge in [0.15, 0.2) is 0 Å². The third kappa shape index (κ3) is 2.09. The van der Waals surface area contributed by atoms with Crippen LogP contribution in [0.4, 0.5) is 0 Å². The Balaban J connectivity index is 1.90. The van der Waals surface area contributed by atoms with Gasteiger partial charge in [-0.2, -0.15) is 0 Å². The molecule has 1 unspecified atom stereocenters. The summed E-state index contributed by atoms with van der Waals surface area (Å²) in [5, 5.41) is 24.5. The number of nitrogens with one attached hydrogen (secondary N) is 2. The fourth-order valence-electron chi connectivity index (χ4n) is 3.24. The van der Waals surface area contributed by atoms with Crippen molar-refractivity contribution in [2.75, 3.05) is 6.54 Å². The lowest BCUT2D eigenvalue weighted by Crippen LogP contribution is -2.30. The second kappa shape index (κ2) is 5.04. The normalized spacial score (nSPS) is 17.6. The van der Waals surface area contributed by atoms with E-state index < -0.39 is 0 Å². The zero-order valence-corrected chi connectivity index (χ0v) is 13.3. The molecule has 4 N–H and O–H groups in total. The average Bonchev–Trinajstić information content (AvgIpc) is 2.85. The van der Waals surface area contributed by atoms with Crippen LogP contribution in [0.25, 0.3) is 10.9 Å². The lowest BCUT2D eigenvalue weighted by Gasteiger charge is -2.25. The van der Waals surface area contributed by atoms with Crippen LogP contribution < -0.4 is 5.32 Å². The first-order chi connectivity index (χ1) is 10.6. The molecule has 22 heavy (non-hydrogen) atoms. The average molecular weight is 359 g/mol. The highest BCUT2D eigenvalue weighted by Gasteiger charge is 2.27. The van der Waals surface area contributed by atoms with Gasteiger partial charge in [-0.05, 0) is 42.3 Å². The molecule has 0 fully saturated rings. The first kappa shape index (κ1) is 13.7. The topological polar surface area (TPSA) is 68.3 Å². The van der Waals surface area contributed by atoms with Gasteiger partial charge in [0.2, 0.25) is 0 Å². The fraction of sp³-hybridized carbons (Fsp3) is 0.176. The molecule has 0 bridgehead atoms. The van der Waals surface area contributed by atoms with E-state index in [9.17, 15) is 10.2 Å². The van der Waals surface area contributed by atoms with Crippen molar-refractivity contribution in [1.29, 1.82) is 0 Å². The number of aromatic amines is 1. The quantitative estimate of drug-likeness (QED) is 0.537. The van der Waals surface area contributed by atoms with Crippen LogP contribution in [0.2, 0.25) is 0 Å². The van der Waals surface area contributed by atoms with Crippen LogP contribution in [-0.2, 0) is 6.42 Å². The van der Waals surface area contributed by atoms with Crippen LogP contribution in [0.5, 0.6) is 11.5 Å². The predicted octanol–water partition coefficient (Wildman–Crippen LogP) is 3.58. The summed E-state index contributed by atoms with van der Waals surface area (Å²) in [7, 11) is 0. The lowest BCUT2D eigenvalue weighted by atomic mass is 9.94. The number of phenols is 2. The van der Waals surface area contributed by atoms with Crippen molar-refractivity contribution < 1.29 is 10.2 Å². The van der Waals surface area contributed by atoms with E-state index >= 15 is 0 Å². The van der Waals surface area contributed by atoms with Crippen LogP contribution >= 0.6 is 15.9 Å². The van der Waals surface area contributed by atoms with Crippen LogP contribution in [0, 0.1) is 0 Å². The fourth-order valence-corrected chi connectivity index (χ4v) is 3.59. The third-order valence-electron chi connectivity index (χ3n) is 4.24. The largest absolute Gasteiger partial charge is 0.508 e. The Kier molecular flexibility index (Phi) is 3.13. The van der Waals surface area contributed by atoms with E-state index in [1.165, 1.54) is 5.56 Å². The zero-order valence-electron chi connectivity index (χ0n) is 11.7. The molecule has 3 aromatic rings. The van der Waals surface area contributed by atoms with E-state index in [1.807, 2.05) is 18.2 Å². The molecule has 1 aliphatic rings. The van der Waals surface area contributed by atoms with E-state index in [2.05, 4.69) is 26.2 Å². The molecule has 0 spiro atoms. The number of H-pyrrole nitrogens is 1. The van der Waals surface area contributed by atoms with Crippen LogP contribution in [0.1, 0.15) is 22.9 Å². The van der Waals surface area contributed by atoms with E-state index in [1.54, 1.807) is 18.2 Å². The van der Waals surface area contributed by atoms with Gasteiger partial charge < -0.3 is 20.5 Å². The maximum Gasteiger partial charge on any atom is 0.121 e. The van der Waals surface area contributed by atoms with Crippen LogP contribution in [-0.4, -0.2) is 21.7 Å². The van der Waals surface area contributed by atoms with Crippen molar-refractivity contribution in [3.05, 3.63) is 57.7 Å². The number of benzene rings is 2. The van der Waals surface area contributed by atoms with Gasteiger partial charge in [0.25, 0.3) is 0 Å². The number of hydrogen-bond donors (Lipinski definition) is 4. The molecule has 4 nitrogen and oxygen atoms in total. The second-order valence-electron chi connectivity index (χ2n) is 5.59. The number of fused-ring (bicyclic) bond motifs is 3. The molecule has 0 aliphatic carbocycles. The van der Waals surface area contributed by atoms with Gasteiger partial charge in [0.1, 0.15) is 11.5 Å². The highest BCUT2D eigenvalue weighted by atomic mass is 79.9. The van der Waals surface area contributed by atoms with Gasteiger partial charge in [-0.1, -0.05) is 22.0 Å². The highest BCUT2D eigenvalue weighted by molar-refractivity contribution is 9.10. The smallest absolute Gasteiger partial charge is 0.121 e. The molecule has 1 atom stereocenters. The van der Waals surface area contributed by atoms with Gasteiger partial charge in [-0.15, -0.1) is 0 Å². The Morgan fingerprint density at radius 2 is 1.95 bits per heavy atom. The number of rotatable bonds is 1. The summed E-state index contributed by atoms with van der Waals surface area (Å²) in [5.74, 6) is 0.539. The van der Waals surface area contributed by atoms with Crippen LogP contribution in [0.3, 0.4) is 0 Å². The summed E-state index contributed by atoms with van der Waals surface area (Å²) < 4.78 is 0.853. The Hall–Kier alpha value is -1.98. The summed E-state index contributed by atoms with van der Waals surface area (Å²) in [4.78, 5) is 3.44.